The Kier molecular flexibility index (Phi) is 6.74. The van der Waals surface area contributed by atoms with Gasteiger partial charge in [-0.15, -0.1) is 10.2 Å². The Morgan fingerprint density at radius 3 is 2.27 bits per heavy atom. The van der Waals surface area contributed by atoms with Gasteiger partial charge in [0.2, 0.25) is 5.01 Å². The van der Waals surface area contributed by atoms with Gasteiger partial charge in [-0.3, -0.25) is 14.6 Å². The van der Waals surface area contributed by atoms with Crippen molar-refractivity contribution >= 4 is 34.5 Å². The first-order chi connectivity index (χ1) is 14.5. The van der Waals surface area contributed by atoms with Crippen LogP contribution in [0.3, 0.4) is 0 Å². The van der Waals surface area contributed by atoms with Gasteiger partial charge in [0.15, 0.2) is 0 Å². The predicted octanol–water partition coefficient (Wildman–Crippen LogP) is 4.07. The van der Waals surface area contributed by atoms with Crippen molar-refractivity contribution in [2.45, 2.75) is 20.0 Å². The van der Waals surface area contributed by atoms with Crippen molar-refractivity contribution in [3.63, 3.8) is 0 Å². The fourth-order valence-electron chi connectivity index (χ4n) is 3.38. The topological polar surface area (TPSA) is 61.4 Å². The van der Waals surface area contributed by atoms with E-state index in [1.165, 1.54) is 16.9 Å². The van der Waals surface area contributed by atoms with Gasteiger partial charge in [0.05, 0.1) is 6.54 Å². The summed E-state index contributed by atoms with van der Waals surface area (Å²) in [6.07, 6.45) is 0. The minimum absolute atomic E-state index is 0.213. The van der Waals surface area contributed by atoms with Crippen molar-refractivity contribution in [3.8, 4) is 0 Å². The van der Waals surface area contributed by atoms with Crippen LogP contribution in [0.15, 0.2) is 48.5 Å². The first-order valence-corrected chi connectivity index (χ1v) is 11.1. The average Bonchev–Trinajstić information content (AvgIpc) is 3.21. The highest BCUT2D eigenvalue weighted by Gasteiger charge is 2.20. The van der Waals surface area contributed by atoms with Crippen LogP contribution in [0.4, 0.5) is 5.69 Å². The summed E-state index contributed by atoms with van der Waals surface area (Å²) in [5.74, 6) is -0.213. The fourth-order valence-corrected chi connectivity index (χ4v) is 4.28. The molecule has 0 radical (unpaired) electrons. The van der Waals surface area contributed by atoms with E-state index in [1.54, 1.807) is 0 Å². The highest BCUT2D eigenvalue weighted by atomic mass is 35.5. The van der Waals surface area contributed by atoms with Crippen LogP contribution < -0.4 is 5.32 Å². The molecule has 2 heterocycles. The number of halogens is 1. The third kappa shape index (κ3) is 5.64. The maximum atomic E-state index is 12.4. The molecule has 156 valence electrons. The lowest BCUT2D eigenvalue weighted by atomic mass is 10.2. The molecular weight excluding hydrogens is 418 g/mol. The summed E-state index contributed by atoms with van der Waals surface area (Å²) in [6, 6.07) is 15.8. The summed E-state index contributed by atoms with van der Waals surface area (Å²) < 4.78 is 0. The molecule has 0 bridgehead atoms. The van der Waals surface area contributed by atoms with E-state index >= 15 is 0 Å². The molecule has 30 heavy (non-hydrogen) atoms. The molecule has 1 saturated heterocycles. The molecule has 2 aromatic carbocycles. The van der Waals surface area contributed by atoms with Crippen molar-refractivity contribution in [1.29, 1.82) is 0 Å². The van der Waals surface area contributed by atoms with Gasteiger partial charge in [0, 0.05) is 43.4 Å². The minimum Gasteiger partial charge on any atom is -0.320 e. The Bertz CT molecular complexity index is 982. The van der Waals surface area contributed by atoms with Crippen LogP contribution in [0, 0.1) is 6.92 Å². The third-order valence-corrected chi connectivity index (χ3v) is 6.27. The first-order valence-electron chi connectivity index (χ1n) is 9.95. The second kappa shape index (κ2) is 9.66. The number of nitrogens with one attached hydrogen (secondary N) is 1. The van der Waals surface area contributed by atoms with E-state index in [0.717, 1.165) is 60.5 Å². The molecule has 3 aromatic rings. The molecular formula is C22H24ClN5OS. The molecule has 0 saturated carbocycles. The van der Waals surface area contributed by atoms with Crippen LogP contribution in [0.2, 0.25) is 5.02 Å². The van der Waals surface area contributed by atoms with E-state index in [4.69, 9.17) is 11.6 Å². The highest BCUT2D eigenvalue weighted by Crippen LogP contribution is 2.17. The Balaban J connectivity index is 1.25. The molecule has 6 nitrogen and oxygen atoms in total. The quantitative estimate of drug-likeness (QED) is 0.624. The van der Waals surface area contributed by atoms with Crippen LogP contribution >= 0.6 is 22.9 Å². The molecule has 1 aliphatic heterocycles. The molecule has 0 spiro atoms. The molecule has 1 amide bonds. The molecule has 1 fully saturated rings. The van der Waals surface area contributed by atoms with E-state index in [2.05, 4.69) is 37.4 Å². The average molecular weight is 442 g/mol. The van der Waals surface area contributed by atoms with Crippen molar-refractivity contribution in [3.05, 3.63) is 74.7 Å². The number of amides is 1. The van der Waals surface area contributed by atoms with Crippen LogP contribution in [0.5, 0.6) is 0 Å². The number of hydrogen-bond acceptors (Lipinski definition) is 6. The molecule has 1 aromatic heterocycles. The minimum atomic E-state index is -0.213. The first kappa shape index (κ1) is 20.9. The number of carbonyl (C=O) groups is 1. The summed E-state index contributed by atoms with van der Waals surface area (Å²) in [5.41, 5.74) is 3.19. The number of benzene rings is 2. The van der Waals surface area contributed by atoms with Crippen molar-refractivity contribution in [2.24, 2.45) is 0 Å². The lowest BCUT2D eigenvalue weighted by Gasteiger charge is -2.34. The number of aryl methyl sites for hydroxylation is 1. The maximum Gasteiger partial charge on any atom is 0.286 e. The van der Waals surface area contributed by atoms with Crippen molar-refractivity contribution in [2.75, 3.05) is 31.5 Å². The Labute approximate surface area is 185 Å². The maximum absolute atomic E-state index is 12.4. The largest absolute Gasteiger partial charge is 0.320 e. The zero-order valence-electron chi connectivity index (χ0n) is 16.8. The zero-order chi connectivity index (χ0) is 20.9. The van der Waals surface area contributed by atoms with Gasteiger partial charge >= 0.3 is 0 Å². The number of rotatable bonds is 6. The molecule has 0 unspecified atom stereocenters. The Morgan fingerprint density at radius 1 is 0.967 bits per heavy atom. The number of aromatic nitrogens is 2. The highest BCUT2D eigenvalue weighted by molar-refractivity contribution is 7.13. The predicted molar refractivity (Wildman–Crippen MR) is 121 cm³/mol. The lowest BCUT2D eigenvalue weighted by Crippen LogP contribution is -2.45. The van der Waals surface area contributed by atoms with Gasteiger partial charge in [-0.25, -0.2) is 0 Å². The summed E-state index contributed by atoms with van der Waals surface area (Å²) in [4.78, 5) is 17.2. The van der Waals surface area contributed by atoms with Gasteiger partial charge in [0.1, 0.15) is 5.01 Å². The van der Waals surface area contributed by atoms with E-state index in [-0.39, 0.29) is 5.91 Å². The van der Waals surface area contributed by atoms with Gasteiger partial charge < -0.3 is 5.32 Å². The summed E-state index contributed by atoms with van der Waals surface area (Å²) in [6.45, 7) is 7.62. The van der Waals surface area contributed by atoms with E-state index in [9.17, 15) is 4.79 Å². The molecule has 1 N–H and O–H groups in total. The second-order valence-corrected chi connectivity index (χ2v) is 9.00. The Morgan fingerprint density at radius 2 is 1.60 bits per heavy atom. The number of carbonyl (C=O) groups excluding carboxylic acids is 1. The number of nitrogens with zero attached hydrogens (tertiary/aromatic N) is 4. The van der Waals surface area contributed by atoms with Gasteiger partial charge in [-0.1, -0.05) is 52.8 Å². The van der Waals surface area contributed by atoms with Crippen molar-refractivity contribution < 1.29 is 4.79 Å². The van der Waals surface area contributed by atoms with E-state index in [0.29, 0.717) is 5.01 Å². The standard InChI is InChI=1S/C22H24ClN5OS/c1-16-2-8-19(9-3-16)24-21(29)22-26-25-20(30-22)15-28-12-10-27(11-13-28)14-17-4-6-18(23)7-5-17/h2-9H,10-15H2,1H3,(H,24,29). The van der Waals surface area contributed by atoms with Gasteiger partial charge in [-0.05, 0) is 36.8 Å². The SMILES string of the molecule is Cc1ccc(NC(=O)c2nnc(CN3CCN(Cc4ccc(Cl)cc4)CC3)s2)cc1. The van der Waals surface area contributed by atoms with Gasteiger partial charge in [-0.2, -0.15) is 0 Å². The van der Waals surface area contributed by atoms with Crippen LogP contribution in [0.25, 0.3) is 0 Å². The fraction of sp³-hybridized carbons (Fsp3) is 0.318. The molecule has 0 aliphatic carbocycles. The van der Waals surface area contributed by atoms with E-state index < -0.39 is 0 Å². The molecule has 0 atom stereocenters. The molecule has 8 heteroatoms. The number of piperazine rings is 1. The number of anilines is 1. The monoisotopic (exact) mass is 441 g/mol. The third-order valence-electron chi connectivity index (χ3n) is 5.11. The van der Waals surface area contributed by atoms with E-state index in [1.807, 2.05) is 43.3 Å². The van der Waals surface area contributed by atoms with Crippen molar-refractivity contribution in [1.82, 2.24) is 20.0 Å². The Hall–Kier alpha value is -2.32. The molecule has 1 aliphatic rings. The van der Waals surface area contributed by atoms with Crippen LogP contribution in [-0.2, 0) is 13.1 Å². The second-order valence-electron chi connectivity index (χ2n) is 7.50. The normalized spacial score (nSPS) is 15.3. The number of hydrogen-bond donors (Lipinski definition) is 1. The van der Waals surface area contributed by atoms with Crippen LogP contribution in [0.1, 0.15) is 25.9 Å². The molecule has 4 rings (SSSR count). The summed E-state index contributed by atoms with van der Waals surface area (Å²) in [7, 11) is 0. The lowest BCUT2D eigenvalue weighted by molar-refractivity contribution is 0.102. The smallest absolute Gasteiger partial charge is 0.286 e. The zero-order valence-corrected chi connectivity index (χ0v) is 18.4. The van der Waals surface area contributed by atoms with Gasteiger partial charge in [0.25, 0.3) is 5.91 Å². The summed E-state index contributed by atoms with van der Waals surface area (Å²) >= 11 is 7.32. The summed E-state index contributed by atoms with van der Waals surface area (Å²) in [5, 5.41) is 13.2. The van der Waals surface area contributed by atoms with Crippen LogP contribution in [-0.4, -0.2) is 52.1 Å².